The zero-order valence-electron chi connectivity index (χ0n) is 30.5. The molecule has 0 bridgehead atoms. The summed E-state index contributed by atoms with van der Waals surface area (Å²) in [4.78, 5) is 46.4. The van der Waals surface area contributed by atoms with E-state index in [4.69, 9.17) is 9.47 Å². The summed E-state index contributed by atoms with van der Waals surface area (Å²) < 4.78 is 11.7. The van der Waals surface area contributed by atoms with E-state index in [1.54, 1.807) is 26.2 Å². The maximum atomic E-state index is 13.7. The quantitative estimate of drug-likeness (QED) is 0.232. The summed E-state index contributed by atoms with van der Waals surface area (Å²) in [5.41, 5.74) is 2.26. The molecule has 6 unspecified atom stereocenters. The highest BCUT2D eigenvalue weighted by Crippen LogP contribution is 2.29. The summed E-state index contributed by atoms with van der Waals surface area (Å²) in [5.74, 6) is 0.0852. The van der Waals surface area contributed by atoms with Crippen LogP contribution in [0.25, 0.3) is 0 Å². The second kappa shape index (κ2) is 19.2. The molecule has 0 saturated carbocycles. The standard InChI is InChI=1S/C36H63N5O5/c1-12-26(6)34(30(45-10)22-31(42)41-20-13-14-29(41)35(46-11)25(4)5)40(9)32(43)23-38-36(44)33(24(2)3)39(8)21-19-27-15-17-28(37-7)18-16-27/h15-18,24-26,29-30,33-35,37H,12-14,19-23H2,1-11H3,(H,38,44). The minimum absolute atomic E-state index is 0.0238. The smallest absolute Gasteiger partial charge is 0.242 e. The average Bonchev–Trinajstić information content (AvgIpc) is 3.51. The number of benzene rings is 1. The Labute approximate surface area is 278 Å². The van der Waals surface area contributed by atoms with Crippen molar-refractivity contribution in [2.24, 2.45) is 17.8 Å². The Hall–Kier alpha value is -2.69. The van der Waals surface area contributed by atoms with Crippen molar-refractivity contribution < 1.29 is 23.9 Å². The third-order valence-electron chi connectivity index (χ3n) is 9.84. The van der Waals surface area contributed by atoms with Crippen molar-refractivity contribution in [3.05, 3.63) is 29.8 Å². The van der Waals surface area contributed by atoms with Crippen molar-refractivity contribution in [2.45, 2.75) is 104 Å². The van der Waals surface area contributed by atoms with Gasteiger partial charge in [-0.1, -0.05) is 60.1 Å². The van der Waals surface area contributed by atoms with Gasteiger partial charge in [-0.3, -0.25) is 19.3 Å². The second-order valence-corrected chi connectivity index (χ2v) is 13.7. The fourth-order valence-electron chi connectivity index (χ4n) is 7.04. The Kier molecular flexibility index (Phi) is 16.5. The van der Waals surface area contributed by atoms with Crippen LogP contribution in [0.15, 0.2) is 24.3 Å². The highest BCUT2D eigenvalue weighted by Gasteiger charge is 2.40. The third kappa shape index (κ3) is 10.7. The van der Waals surface area contributed by atoms with Crippen LogP contribution < -0.4 is 10.6 Å². The number of hydrogen-bond acceptors (Lipinski definition) is 7. The first kappa shape index (κ1) is 39.5. The molecule has 0 spiro atoms. The van der Waals surface area contributed by atoms with E-state index in [1.165, 1.54) is 5.56 Å². The molecular weight excluding hydrogens is 582 g/mol. The number of likely N-dealkylation sites (N-methyl/N-ethyl adjacent to an activating group) is 2. The lowest BCUT2D eigenvalue weighted by Gasteiger charge is -2.39. The second-order valence-electron chi connectivity index (χ2n) is 13.7. The number of hydrogen-bond donors (Lipinski definition) is 2. The predicted molar refractivity (Wildman–Crippen MR) is 186 cm³/mol. The SMILES string of the molecule is CCC(C)C(C(CC(=O)N1CCCC1C(OC)C(C)C)OC)N(C)C(=O)CNC(=O)C(C(C)C)N(C)CCc1ccc(NC)cc1. The summed E-state index contributed by atoms with van der Waals surface area (Å²) in [6.45, 7) is 13.7. The number of nitrogens with zero attached hydrogens (tertiary/aromatic N) is 3. The molecular formula is C36H63N5O5. The molecule has 0 radical (unpaired) electrons. The van der Waals surface area contributed by atoms with E-state index in [-0.39, 0.29) is 66.8 Å². The van der Waals surface area contributed by atoms with Crippen molar-refractivity contribution >= 4 is 23.4 Å². The Morgan fingerprint density at radius 3 is 2.17 bits per heavy atom. The fourth-order valence-corrected chi connectivity index (χ4v) is 7.04. The minimum atomic E-state index is -0.481. The topological polar surface area (TPSA) is 103 Å². The molecule has 0 aromatic heterocycles. The van der Waals surface area contributed by atoms with E-state index in [0.29, 0.717) is 19.0 Å². The van der Waals surface area contributed by atoms with Gasteiger partial charge < -0.3 is 29.9 Å². The molecule has 1 fully saturated rings. The van der Waals surface area contributed by atoms with Crippen molar-refractivity contribution in [2.75, 3.05) is 60.3 Å². The predicted octanol–water partition coefficient (Wildman–Crippen LogP) is 4.28. The van der Waals surface area contributed by atoms with Crippen LogP contribution in [-0.4, -0.2) is 118 Å². The third-order valence-corrected chi connectivity index (χ3v) is 9.84. The van der Waals surface area contributed by atoms with Gasteiger partial charge in [0.15, 0.2) is 0 Å². The first-order valence-electron chi connectivity index (χ1n) is 17.2. The van der Waals surface area contributed by atoms with Gasteiger partial charge in [0, 0.05) is 47.1 Å². The number of amides is 3. The van der Waals surface area contributed by atoms with Crippen LogP contribution in [0.5, 0.6) is 0 Å². The van der Waals surface area contributed by atoms with Gasteiger partial charge in [0.05, 0.1) is 43.3 Å². The zero-order valence-corrected chi connectivity index (χ0v) is 30.5. The molecule has 1 aromatic rings. The lowest BCUT2D eigenvalue weighted by atomic mass is 9.90. The highest BCUT2D eigenvalue weighted by atomic mass is 16.5. The van der Waals surface area contributed by atoms with Crippen LogP contribution in [0.3, 0.4) is 0 Å². The zero-order chi connectivity index (χ0) is 34.6. The molecule has 3 amide bonds. The summed E-state index contributed by atoms with van der Waals surface area (Å²) >= 11 is 0. The lowest BCUT2D eigenvalue weighted by Crippen LogP contribution is -2.55. The van der Waals surface area contributed by atoms with E-state index in [2.05, 4.69) is 55.4 Å². The molecule has 1 aromatic carbocycles. The number of likely N-dealkylation sites (tertiary alicyclic amines) is 1. The van der Waals surface area contributed by atoms with Crippen LogP contribution in [-0.2, 0) is 30.3 Å². The lowest BCUT2D eigenvalue weighted by molar-refractivity contribution is -0.144. The van der Waals surface area contributed by atoms with Crippen LogP contribution in [0.2, 0.25) is 0 Å². The summed E-state index contributed by atoms with van der Waals surface area (Å²) in [6, 6.07) is 7.63. The number of carbonyl (C=O) groups is 3. The van der Waals surface area contributed by atoms with Crippen LogP contribution in [0.4, 0.5) is 5.69 Å². The molecule has 2 N–H and O–H groups in total. The summed E-state index contributed by atoms with van der Waals surface area (Å²) in [7, 11) is 8.94. The molecule has 1 aliphatic heterocycles. The van der Waals surface area contributed by atoms with Crippen LogP contribution in [0.1, 0.15) is 72.8 Å². The van der Waals surface area contributed by atoms with Crippen LogP contribution in [0, 0.1) is 17.8 Å². The molecule has 0 aliphatic carbocycles. The molecule has 2 rings (SSSR count). The monoisotopic (exact) mass is 645 g/mol. The van der Waals surface area contributed by atoms with Crippen molar-refractivity contribution in [1.29, 1.82) is 0 Å². The maximum absolute atomic E-state index is 13.7. The van der Waals surface area contributed by atoms with E-state index >= 15 is 0 Å². The largest absolute Gasteiger partial charge is 0.388 e. The molecule has 10 heteroatoms. The molecule has 1 saturated heterocycles. The Balaban J connectivity index is 2.07. The number of carbonyl (C=O) groups excluding carboxylic acids is 3. The van der Waals surface area contributed by atoms with E-state index in [1.807, 2.05) is 45.0 Å². The van der Waals surface area contributed by atoms with E-state index in [9.17, 15) is 14.4 Å². The molecule has 1 heterocycles. The minimum Gasteiger partial charge on any atom is -0.388 e. The van der Waals surface area contributed by atoms with Gasteiger partial charge in [-0.05, 0) is 61.8 Å². The maximum Gasteiger partial charge on any atom is 0.242 e. The van der Waals surface area contributed by atoms with Crippen molar-refractivity contribution in [3.8, 4) is 0 Å². The van der Waals surface area contributed by atoms with Gasteiger partial charge in [-0.25, -0.2) is 0 Å². The Morgan fingerprint density at radius 2 is 1.65 bits per heavy atom. The van der Waals surface area contributed by atoms with E-state index < -0.39 is 6.10 Å². The number of nitrogens with one attached hydrogen (secondary N) is 2. The number of rotatable bonds is 19. The van der Waals surface area contributed by atoms with Gasteiger partial charge in [0.25, 0.3) is 0 Å². The van der Waals surface area contributed by atoms with Gasteiger partial charge in [-0.15, -0.1) is 0 Å². The highest BCUT2D eigenvalue weighted by molar-refractivity contribution is 5.87. The van der Waals surface area contributed by atoms with Crippen molar-refractivity contribution in [1.82, 2.24) is 20.0 Å². The van der Waals surface area contributed by atoms with Gasteiger partial charge >= 0.3 is 0 Å². The molecule has 10 nitrogen and oxygen atoms in total. The Bertz CT molecular complexity index is 1080. The van der Waals surface area contributed by atoms with Gasteiger partial charge in [-0.2, -0.15) is 0 Å². The number of anilines is 1. The summed E-state index contributed by atoms with van der Waals surface area (Å²) in [6.07, 6.45) is 3.17. The van der Waals surface area contributed by atoms with E-state index in [0.717, 1.165) is 31.4 Å². The average molecular weight is 646 g/mol. The van der Waals surface area contributed by atoms with Crippen LogP contribution >= 0.6 is 0 Å². The first-order valence-corrected chi connectivity index (χ1v) is 17.2. The summed E-state index contributed by atoms with van der Waals surface area (Å²) in [5, 5.41) is 6.05. The van der Waals surface area contributed by atoms with Gasteiger partial charge in [0.2, 0.25) is 17.7 Å². The number of methoxy groups -OCH3 is 2. The fraction of sp³-hybridized carbons (Fsp3) is 0.750. The number of ether oxygens (including phenoxy) is 2. The molecule has 262 valence electrons. The normalized spacial score (nSPS) is 18.4. The first-order chi connectivity index (χ1) is 21.8. The molecule has 46 heavy (non-hydrogen) atoms. The Morgan fingerprint density at radius 1 is 1.00 bits per heavy atom. The molecule has 1 aliphatic rings. The molecule has 6 atom stereocenters. The van der Waals surface area contributed by atoms with Crippen molar-refractivity contribution in [3.63, 3.8) is 0 Å². The van der Waals surface area contributed by atoms with Gasteiger partial charge in [0.1, 0.15) is 0 Å².